The average molecular weight is 315 g/mol. The lowest BCUT2D eigenvalue weighted by Gasteiger charge is -2.07. The van der Waals surface area contributed by atoms with Crippen LogP contribution in [0.1, 0.15) is 5.69 Å². The van der Waals surface area contributed by atoms with E-state index < -0.39 is 10.0 Å². The van der Waals surface area contributed by atoms with E-state index in [1.165, 1.54) is 18.2 Å². The van der Waals surface area contributed by atoms with Crippen LogP contribution in [0.3, 0.4) is 0 Å². The van der Waals surface area contributed by atoms with Crippen LogP contribution in [0.4, 0.5) is 5.69 Å². The van der Waals surface area contributed by atoms with E-state index in [9.17, 15) is 8.42 Å². The van der Waals surface area contributed by atoms with Gasteiger partial charge in [0.15, 0.2) is 0 Å². The van der Waals surface area contributed by atoms with Crippen LogP contribution in [0.5, 0.6) is 0 Å². The lowest BCUT2D eigenvalue weighted by atomic mass is 10.3. The van der Waals surface area contributed by atoms with Gasteiger partial charge in [0.25, 0.3) is 0 Å². The minimum Gasteiger partial charge on any atom is -0.398 e. The number of hydrogen-bond donors (Lipinski definition) is 2. The minimum atomic E-state index is -3.59. The van der Waals surface area contributed by atoms with E-state index in [1.54, 1.807) is 4.68 Å². The van der Waals surface area contributed by atoms with Crippen molar-refractivity contribution >= 4 is 27.3 Å². The quantitative estimate of drug-likeness (QED) is 0.811. The molecule has 0 bridgehead atoms. The van der Waals surface area contributed by atoms with E-state index in [1.807, 2.05) is 19.3 Å². The Labute approximate surface area is 122 Å². The van der Waals surface area contributed by atoms with Gasteiger partial charge in [0.05, 0.1) is 21.3 Å². The fourth-order valence-electron chi connectivity index (χ4n) is 1.67. The Morgan fingerprint density at radius 3 is 2.75 bits per heavy atom. The third-order valence-corrected chi connectivity index (χ3v) is 4.51. The van der Waals surface area contributed by atoms with Crippen LogP contribution in [0.25, 0.3) is 0 Å². The number of nitrogens with zero attached hydrogens (tertiary/aromatic N) is 2. The number of hydrogen-bond acceptors (Lipinski definition) is 4. The van der Waals surface area contributed by atoms with Crippen molar-refractivity contribution in [2.45, 2.75) is 11.3 Å². The highest BCUT2D eigenvalue weighted by molar-refractivity contribution is 7.89. The molecular formula is C12H15ClN4O2S. The fourth-order valence-corrected chi connectivity index (χ4v) is 2.97. The van der Waals surface area contributed by atoms with Crippen LogP contribution < -0.4 is 10.5 Å². The second-order valence-corrected chi connectivity index (χ2v) is 6.49. The second kappa shape index (κ2) is 5.82. The number of anilines is 1. The molecule has 0 spiro atoms. The van der Waals surface area contributed by atoms with Gasteiger partial charge in [-0.3, -0.25) is 4.68 Å². The zero-order valence-corrected chi connectivity index (χ0v) is 12.4. The Kier molecular flexibility index (Phi) is 4.32. The molecule has 108 valence electrons. The maximum absolute atomic E-state index is 12.1. The summed E-state index contributed by atoms with van der Waals surface area (Å²) in [4.78, 5) is 0.0951. The number of nitrogen functional groups attached to an aromatic ring is 1. The molecule has 0 aliphatic heterocycles. The molecule has 1 heterocycles. The summed E-state index contributed by atoms with van der Waals surface area (Å²) >= 11 is 5.82. The van der Waals surface area contributed by atoms with Crippen LogP contribution in [0.15, 0.2) is 35.4 Å². The van der Waals surface area contributed by atoms with E-state index in [2.05, 4.69) is 9.82 Å². The average Bonchev–Trinajstić information content (AvgIpc) is 2.78. The van der Waals surface area contributed by atoms with Crippen molar-refractivity contribution in [3.8, 4) is 0 Å². The van der Waals surface area contributed by atoms with Gasteiger partial charge in [-0.1, -0.05) is 11.6 Å². The normalized spacial score (nSPS) is 11.7. The zero-order valence-electron chi connectivity index (χ0n) is 10.9. The first kappa shape index (κ1) is 14.8. The summed E-state index contributed by atoms with van der Waals surface area (Å²) in [6.07, 6.45) is 2.33. The van der Waals surface area contributed by atoms with E-state index in [0.717, 1.165) is 5.69 Å². The fraction of sp³-hybridized carbons (Fsp3) is 0.250. The highest BCUT2D eigenvalue weighted by atomic mass is 35.5. The topological polar surface area (TPSA) is 90.0 Å². The summed E-state index contributed by atoms with van der Waals surface area (Å²) in [5, 5.41) is 4.39. The molecule has 0 aliphatic carbocycles. The smallest absolute Gasteiger partial charge is 0.240 e. The molecule has 2 aromatic rings. The van der Waals surface area contributed by atoms with Crippen LogP contribution in [0, 0.1) is 0 Å². The first-order valence-electron chi connectivity index (χ1n) is 5.92. The Balaban J connectivity index is 2.02. The zero-order chi connectivity index (χ0) is 14.8. The van der Waals surface area contributed by atoms with Gasteiger partial charge >= 0.3 is 0 Å². The number of nitrogens with two attached hydrogens (primary N) is 1. The monoisotopic (exact) mass is 314 g/mol. The molecule has 6 nitrogen and oxygen atoms in total. The van der Waals surface area contributed by atoms with Gasteiger partial charge in [0.1, 0.15) is 0 Å². The maximum atomic E-state index is 12.1. The Morgan fingerprint density at radius 2 is 2.15 bits per heavy atom. The minimum absolute atomic E-state index is 0.0951. The number of nitrogens with one attached hydrogen (secondary N) is 1. The van der Waals surface area contributed by atoms with Crippen LogP contribution >= 0.6 is 11.6 Å². The van der Waals surface area contributed by atoms with Crippen molar-refractivity contribution in [3.05, 3.63) is 41.2 Å². The highest BCUT2D eigenvalue weighted by Crippen LogP contribution is 2.22. The van der Waals surface area contributed by atoms with Gasteiger partial charge in [-0.2, -0.15) is 5.10 Å². The molecule has 0 saturated heterocycles. The van der Waals surface area contributed by atoms with Crippen molar-refractivity contribution in [3.63, 3.8) is 0 Å². The van der Waals surface area contributed by atoms with Gasteiger partial charge in [0.2, 0.25) is 10.0 Å². The van der Waals surface area contributed by atoms with Crippen molar-refractivity contribution in [2.75, 3.05) is 12.3 Å². The molecule has 20 heavy (non-hydrogen) atoms. The summed E-state index contributed by atoms with van der Waals surface area (Å²) in [6.45, 7) is 0.265. The van der Waals surface area contributed by atoms with E-state index in [0.29, 0.717) is 12.1 Å². The molecule has 0 amide bonds. The van der Waals surface area contributed by atoms with Gasteiger partial charge in [-0.05, 0) is 24.3 Å². The number of rotatable bonds is 5. The van der Waals surface area contributed by atoms with Crippen molar-refractivity contribution in [1.29, 1.82) is 0 Å². The Hall–Kier alpha value is -1.57. The molecule has 0 aliphatic rings. The molecule has 8 heteroatoms. The molecule has 0 saturated carbocycles. The molecule has 3 N–H and O–H groups in total. The summed E-state index contributed by atoms with van der Waals surface area (Å²) < 4.78 is 28.3. The SMILES string of the molecule is Cn1ccc(CCNS(=O)(=O)c2ccc(N)c(Cl)c2)n1. The van der Waals surface area contributed by atoms with Crippen LogP contribution in [-0.4, -0.2) is 24.7 Å². The summed E-state index contributed by atoms with van der Waals surface area (Å²) in [5.41, 5.74) is 6.72. The van der Waals surface area contributed by atoms with E-state index in [-0.39, 0.29) is 16.5 Å². The van der Waals surface area contributed by atoms with Gasteiger partial charge in [0, 0.05) is 26.2 Å². The molecule has 1 aromatic carbocycles. The third-order valence-electron chi connectivity index (χ3n) is 2.72. The van der Waals surface area contributed by atoms with Crippen molar-refractivity contribution in [2.24, 2.45) is 7.05 Å². The lowest BCUT2D eigenvalue weighted by Crippen LogP contribution is -2.26. The Morgan fingerprint density at radius 1 is 1.40 bits per heavy atom. The van der Waals surface area contributed by atoms with Gasteiger partial charge in [-0.15, -0.1) is 0 Å². The van der Waals surface area contributed by atoms with E-state index in [4.69, 9.17) is 17.3 Å². The third kappa shape index (κ3) is 3.50. The second-order valence-electron chi connectivity index (χ2n) is 4.31. The first-order chi connectivity index (χ1) is 9.38. The number of sulfonamides is 1. The van der Waals surface area contributed by atoms with Crippen LogP contribution in [-0.2, 0) is 23.5 Å². The Bertz CT molecular complexity index is 712. The number of aryl methyl sites for hydroxylation is 1. The lowest BCUT2D eigenvalue weighted by molar-refractivity contribution is 0.581. The number of benzene rings is 1. The van der Waals surface area contributed by atoms with Gasteiger partial charge < -0.3 is 5.73 Å². The highest BCUT2D eigenvalue weighted by Gasteiger charge is 2.14. The summed E-state index contributed by atoms with van der Waals surface area (Å²) in [7, 11) is -1.78. The van der Waals surface area contributed by atoms with Crippen molar-refractivity contribution in [1.82, 2.24) is 14.5 Å². The largest absolute Gasteiger partial charge is 0.398 e. The van der Waals surface area contributed by atoms with Crippen molar-refractivity contribution < 1.29 is 8.42 Å². The molecule has 0 radical (unpaired) electrons. The molecule has 2 rings (SSSR count). The molecule has 0 atom stereocenters. The molecule has 1 aromatic heterocycles. The first-order valence-corrected chi connectivity index (χ1v) is 7.78. The summed E-state index contributed by atoms with van der Waals surface area (Å²) in [5.74, 6) is 0. The summed E-state index contributed by atoms with van der Waals surface area (Å²) in [6, 6.07) is 6.06. The van der Waals surface area contributed by atoms with Crippen LogP contribution in [0.2, 0.25) is 5.02 Å². The number of aromatic nitrogens is 2. The molecule has 0 unspecified atom stereocenters. The predicted molar refractivity (Wildman–Crippen MR) is 78.0 cm³/mol. The molecular weight excluding hydrogens is 300 g/mol. The van der Waals surface area contributed by atoms with E-state index >= 15 is 0 Å². The van der Waals surface area contributed by atoms with Gasteiger partial charge in [-0.25, -0.2) is 13.1 Å². The maximum Gasteiger partial charge on any atom is 0.240 e. The molecule has 0 fully saturated rings. The number of halogens is 1. The predicted octanol–water partition coefficient (Wildman–Crippen LogP) is 1.18. The standard InChI is InChI=1S/C12H15ClN4O2S/c1-17-7-5-9(16-17)4-6-15-20(18,19)10-2-3-12(14)11(13)8-10/h2-3,5,7-8,15H,4,6,14H2,1H3.